The van der Waals surface area contributed by atoms with Crippen molar-refractivity contribution in [3.8, 4) is 6.01 Å². The molecule has 0 atom stereocenters. The average Bonchev–Trinajstić information content (AvgIpc) is 2.07. The maximum Gasteiger partial charge on any atom is 0.283 e. The van der Waals surface area contributed by atoms with Gasteiger partial charge in [-0.1, -0.05) is 0 Å². The Balaban J connectivity index is 3.22. The van der Waals surface area contributed by atoms with E-state index in [9.17, 15) is 0 Å². The van der Waals surface area contributed by atoms with Crippen LogP contribution in [0.5, 0.6) is 6.01 Å². The minimum atomic E-state index is -1.62. The van der Waals surface area contributed by atoms with Crippen LogP contribution in [-0.4, -0.2) is 26.1 Å². The molecule has 6 heteroatoms. The third-order valence-electron chi connectivity index (χ3n) is 1.89. The molecule has 0 unspecified atom stereocenters. The highest BCUT2D eigenvalue weighted by Crippen LogP contribution is 2.09. The van der Waals surface area contributed by atoms with E-state index < -0.39 is 16.6 Å². The quantitative estimate of drug-likeness (QED) is 0.790. The fraction of sp³-hybridized carbons (Fsp3) is 0.636. The zero-order chi connectivity index (χ0) is 13.3. The van der Waals surface area contributed by atoms with Gasteiger partial charge in [-0.05, 0) is 45.3 Å². The van der Waals surface area contributed by atoms with E-state index in [0.29, 0.717) is 6.01 Å². The van der Waals surface area contributed by atoms with E-state index in [-0.39, 0.29) is 0 Å². The van der Waals surface area contributed by atoms with Crippen LogP contribution in [0.15, 0.2) is 16.9 Å². The van der Waals surface area contributed by atoms with Crippen molar-refractivity contribution in [3.05, 3.63) is 17.8 Å². The van der Waals surface area contributed by atoms with Gasteiger partial charge < -0.3 is 9.08 Å². The molecule has 1 rings (SSSR count). The van der Waals surface area contributed by atoms with Crippen LogP contribution in [0.4, 0.5) is 0 Å². The van der Waals surface area contributed by atoms with Crippen LogP contribution in [0, 0.1) is 0 Å². The molecule has 0 amide bonds. The predicted octanol–water partition coefficient (Wildman–Crippen LogP) is 2.37. The van der Waals surface area contributed by atoms with Gasteiger partial charge in [0.05, 0.1) is 0 Å². The molecular weight excluding hydrogens is 246 g/mol. The van der Waals surface area contributed by atoms with E-state index in [4.69, 9.17) is 9.08 Å². The van der Waals surface area contributed by atoms with Gasteiger partial charge in [-0.3, -0.25) is 4.57 Å². The van der Waals surface area contributed by atoms with Crippen molar-refractivity contribution in [2.75, 3.05) is 0 Å². The summed E-state index contributed by atoms with van der Waals surface area (Å²) in [7, 11) is -1.14. The Morgan fingerprint density at radius 2 is 1.76 bits per heavy atom. The minimum Gasteiger partial charge on any atom is -0.519 e. The van der Waals surface area contributed by atoms with Crippen molar-refractivity contribution in [2.24, 2.45) is 11.7 Å². The molecule has 0 aliphatic carbocycles. The van der Waals surface area contributed by atoms with Gasteiger partial charge in [0.2, 0.25) is 8.32 Å². The van der Waals surface area contributed by atoms with Crippen molar-refractivity contribution < 1.29 is 4.43 Å². The number of hydrogen-bond donors (Lipinski definition) is 0. The number of hydrogen-bond acceptors (Lipinski definition) is 3. The normalized spacial score (nSPS) is 13.9. The Kier molecular flexibility index (Phi) is 3.98. The number of aromatic nitrogens is 2. The van der Waals surface area contributed by atoms with Crippen LogP contribution in [-0.2, 0) is 7.05 Å². The van der Waals surface area contributed by atoms with E-state index in [0.717, 1.165) is 5.49 Å². The summed E-state index contributed by atoms with van der Waals surface area (Å²) in [5.74, 6) is 0. The fourth-order valence-electron chi connectivity index (χ4n) is 1.29. The number of nitrogens with zero attached hydrogens (tertiary/aromatic N) is 3. The molecule has 0 radical (unpaired) electrons. The lowest BCUT2D eigenvalue weighted by molar-refractivity contribution is 0.469. The summed E-state index contributed by atoms with van der Waals surface area (Å²) >= 11 is 0. The van der Waals surface area contributed by atoms with Gasteiger partial charge in [0.25, 0.3) is 6.01 Å². The summed E-state index contributed by atoms with van der Waals surface area (Å²) in [5.41, 5.74) is 0.951. The van der Waals surface area contributed by atoms with Crippen molar-refractivity contribution in [1.82, 2.24) is 9.55 Å². The highest BCUT2D eigenvalue weighted by atomic mass is 28.4. The second-order valence-electron chi connectivity index (χ2n) is 6.14. The third kappa shape index (κ3) is 4.87. The molecule has 0 N–H and O–H groups in total. The van der Waals surface area contributed by atoms with Crippen LogP contribution in [0.25, 0.3) is 0 Å². The Morgan fingerprint density at radius 1 is 1.18 bits per heavy atom. The Hall–Kier alpha value is -0.886. The average molecular weight is 269 g/mol. The largest absolute Gasteiger partial charge is 0.519 e. The fourth-order valence-corrected chi connectivity index (χ4v) is 2.94. The number of rotatable bonds is 3. The van der Waals surface area contributed by atoms with E-state index in [1.54, 1.807) is 6.20 Å². The van der Waals surface area contributed by atoms with Crippen molar-refractivity contribution in [1.29, 1.82) is 0 Å². The molecule has 0 saturated carbocycles. The molecule has 1 aromatic rings. The zero-order valence-corrected chi connectivity index (χ0v) is 13.9. The summed E-state index contributed by atoms with van der Waals surface area (Å²) in [6.45, 7) is 13.1. The molecule has 0 bridgehead atoms. The topological polar surface area (TPSA) is 39.4 Å². The standard InChI is InChI=1S/C11H23N3OSi2/c1-14-10(13-16(2,3)4)8-9-12-11(14)15-17(5,6)7/h8-9H,1-7H3. The molecule has 0 aliphatic rings. The first-order valence-corrected chi connectivity index (χ1v) is 12.7. The summed E-state index contributed by atoms with van der Waals surface area (Å²) in [5, 5.41) is 0. The van der Waals surface area contributed by atoms with Gasteiger partial charge in [-0.2, -0.15) is 0 Å². The van der Waals surface area contributed by atoms with Crippen LogP contribution >= 0.6 is 0 Å². The zero-order valence-electron chi connectivity index (χ0n) is 11.9. The summed E-state index contributed by atoms with van der Waals surface area (Å²) < 4.78 is 12.7. The summed E-state index contributed by atoms with van der Waals surface area (Å²) in [6.07, 6.45) is 1.77. The summed E-state index contributed by atoms with van der Waals surface area (Å²) in [4.78, 5) is 4.29. The third-order valence-corrected chi connectivity index (χ3v) is 3.58. The molecule has 0 fully saturated rings. The van der Waals surface area contributed by atoms with Crippen LogP contribution < -0.4 is 9.91 Å². The maximum atomic E-state index is 5.93. The molecular formula is C11H23N3OSi2. The minimum absolute atomic E-state index is 0.670. The first-order valence-electron chi connectivity index (χ1n) is 5.85. The Labute approximate surface area is 106 Å². The molecule has 0 saturated heterocycles. The van der Waals surface area contributed by atoms with E-state index >= 15 is 0 Å². The first kappa shape index (κ1) is 14.2. The second-order valence-corrected chi connectivity index (χ2v) is 15.1. The van der Waals surface area contributed by atoms with Crippen LogP contribution in [0.2, 0.25) is 39.3 Å². The molecule has 4 nitrogen and oxygen atoms in total. The monoisotopic (exact) mass is 269 g/mol. The lowest BCUT2D eigenvalue weighted by Gasteiger charge is -2.20. The van der Waals surface area contributed by atoms with Gasteiger partial charge >= 0.3 is 0 Å². The first-order chi connectivity index (χ1) is 7.58. The van der Waals surface area contributed by atoms with Gasteiger partial charge in [-0.25, -0.2) is 4.98 Å². The molecule has 1 heterocycles. The van der Waals surface area contributed by atoms with Crippen molar-refractivity contribution >= 4 is 16.6 Å². The highest BCUT2D eigenvalue weighted by molar-refractivity contribution is 6.74. The highest BCUT2D eigenvalue weighted by Gasteiger charge is 2.19. The van der Waals surface area contributed by atoms with E-state index in [2.05, 4.69) is 44.3 Å². The lowest BCUT2D eigenvalue weighted by Crippen LogP contribution is -2.34. The van der Waals surface area contributed by atoms with Gasteiger partial charge in [-0.15, -0.1) is 0 Å². The molecule has 0 aliphatic heterocycles. The lowest BCUT2D eigenvalue weighted by atomic mass is 10.6. The smallest absolute Gasteiger partial charge is 0.283 e. The van der Waals surface area contributed by atoms with E-state index in [1.165, 1.54) is 0 Å². The SMILES string of the molecule is Cn1c(O[Si](C)(C)C)nccc1=N[Si](C)(C)C. The molecule has 1 aromatic heterocycles. The van der Waals surface area contributed by atoms with Gasteiger partial charge in [0, 0.05) is 13.2 Å². The van der Waals surface area contributed by atoms with Crippen molar-refractivity contribution in [3.63, 3.8) is 0 Å². The van der Waals surface area contributed by atoms with Crippen molar-refractivity contribution in [2.45, 2.75) is 39.3 Å². The molecule has 96 valence electrons. The van der Waals surface area contributed by atoms with Gasteiger partial charge in [0.15, 0.2) is 8.24 Å². The second kappa shape index (κ2) is 4.77. The van der Waals surface area contributed by atoms with Crippen LogP contribution in [0.3, 0.4) is 0 Å². The maximum absolute atomic E-state index is 5.93. The van der Waals surface area contributed by atoms with Crippen LogP contribution in [0.1, 0.15) is 0 Å². The molecule has 0 spiro atoms. The molecule has 17 heavy (non-hydrogen) atoms. The predicted molar refractivity (Wildman–Crippen MR) is 76.1 cm³/mol. The molecule has 0 aromatic carbocycles. The van der Waals surface area contributed by atoms with Gasteiger partial charge in [0.1, 0.15) is 5.49 Å². The Bertz CT molecular complexity index is 455. The Morgan fingerprint density at radius 3 is 2.24 bits per heavy atom. The summed E-state index contributed by atoms with van der Waals surface area (Å²) in [6, 6.07) is 2.61. The van der Waals surface area contributed by atoms with E-state index in [1.807, 2.05) is 17.7 Å².